The molecular formula is C33H55O13P. The number of rotatable bonds is 24. The third kappa shape index (κ3) is 18.8. The number of phosphoric acid groups is 1. The second-order valence-electron chi connectivity index (χ2n) is 11.3. The Balaban J connectivity index is 2.56. The lowest BCUT2D eigenvalue weighted by Gasteiger charge is -2.41. The predicted octanol–water partition coefficient (Wildman–Crippen LogP) is 3.71. The van der Waals surface area contributed by atoms with Crippen LogP contribution >= 0.6 is 7.82 Å². The minimum atomic E-state index is -5.10. The molecule has 0 spiro atoms. The third-order valence-corrected chi connectivity index (χ3v) is 8.17. The molecule has 0 heterocycles. The molecule has 0 saturated heterocycles. The second kappa shape index (κ2) is 24.9. The number of hydrogen-bond donors (Lipinski definition) is 6. The summed E-state index contributed by atoms with van der Waals surface area (Å²) in [7, 11) is -5.10. The number of aliphatic hydroxyl groups is 5. The largest absolute Gasteiger partial charge is 0.472 e. The summed E-state index contributed by atoms with van der Waals surface area (Å²) in [6.45, 7) is 2.87. The van der Waals surface area contributed by atoms with E-state index >= 15 is 0 Å². The van der Waals surface area contributed by atoms with Gasteiger partial charge in [-0.25, -0.2) is 4.57 Å². The highest BCUT2D eigenvalue weighted by atomic mass is 31.2. The summed E-state index contributed by atoms with van der Waals surface area (Å²) in [6, 6.07) is 0. The van der Waals surface area contributed by atoms with Crippen molar-refractivity contribution < 1.29 is 63.1 Å². The molecule has 47 heavy (non-hydrogen) atoms. The molecule has 13 nitrogen and oxygen atoms in total. The molecule has 1 aliphatic rings. The van der Waals surface area contributed by atoms with Crippen LogP contribution in [-0.4, -0.2) is 98.3 Å². The molecule has 1 rings (SSSR count). The minimum Gasteiger partial charge on any atom is -0.462 e. The van der Waals surface area contributed by atoms with Crippen molar-refractivity contribution in [3.63, 3.8) is 0 Å². The van der Waals surface area contributed by atoms with Gasteiger partial charge in [0.15, 0.2) is 6.10 Å². The van der Waals surface area contributed by atoms with Crippen LogP contribution in [0.15, 0.2) is 48.6 Å². The first-order valence-corrected chi connectivity index (χ1v) is 17.9. The Morgan fingerprint density at radius 3 is 1.77 bits per heavy atom. The fourth-order valence-electron chi connectivity index (χ4n) is 4.45. The van der Waals surface area contributed by atoms with Gasteiger partial charge in [0.25, 0.3) is 0 Å². The van der Waals surface area contributed by atoms with Crippen LogP contribution in [0.3, 0.4) is 0 Å². The Morgan fingerprint density at radius 2 is 1.19 bits per heavy atom. The third-order valence-electron chi connectivity index (χ3n) is 7.18. The average molecular weight is 691 g/mol. The lowest BCUT2D eigenvalue weighted by atomic mass is 9.85. The first-order valence-electron chi connectivity index (χ1n) is 16.4. The van der Waals surface area contributed by atoms with E-state index in [1.165, 1.54) is 0 Å². The smallest absolute Gasteiger partial charge is 0.462 e. The lowest BCUT2D eigenvalue weighted by Crippen LogP contribution is -2.64. The zero-order valence-electron chi connectivity index (χ0n) is 27.5. The van der Waals surface area contributed by atoms with E-state index in [0.717, 1.165) is 51.4 Å². The molecule has 0 radical (unpaired) electrons. The van der Waals surface area contributed by atoms with Crippen molar-refractivity contribution in [2.24, 2.45) is 0 Å². The highest BCUT2D eigenvalue weighted by Crippen LogP contribution is 2.47. The summed E-state index contributed by atoms with van der Waals surface area (Å²) in [6.07, 6.45) is 11.7. The topological polar surface area (TPSA) is 210 Å². The first kappa shape index (κ1) is 42.8. The maximum atomic E-state index is 12.6. The quantitative estimate of drug-likeness (QED) is 0.0370. The molecular weight excluding hydrogens is 635 g/mol. The van der Waals surface area contributed by atoms with Crippen LogP contribution in [0.4, 0.5) is 0 Å². The van der Waals surface area contributed by atoms with Gasteiger partial charge >= 0.3 is 19.8 Å². The Bertz CT molecular complexity index is 1030. The van der Waals surface area contributed by atoms with Gasteiger partial charge in [0.2, 0.25) is 0 Å². The van der Waals surface area contributed by atoms with E-state index in [2.05, 4.69) is 49.5 Å². The van der Waals surface area contributed by atoms with Crippen molar-refractivity contribution in [1.29, 1.82) is 0 Å². The van der Waals surface area contributed by atoms with Gasteiger partial charge in [-0.2, -0.15) is 0 Å². The van der Waals surface area contributed by atoms with Crippen LogP contribution in [-0.2, 0) is 32.7 Å². The van der Waals surface area contributed by atoms with Crippen LogP contribution in [0.25, 0.3) is 0 Å². The number of aliphatic hydroxyl groups excluding tert-OH is 5. The Labute approximate surface area is 278 Å². The fraction of sp³-hybridized carbons (Fsp3) is 0.697. The van der Waals surface area contributed by atoms with E-state index in [-0.39, 0.29) is 12.8 Å². The van der Waals surface area contributed by atoms with E-state index in [9.17, 15) is 44.6 Å². The molecule has 6 unspecified atom stereocenters. The SMILES string of the molecule is CC/C=C\C/C=C\C/C=C\C/C=C\CCCCC(=O)OC(COC(=O)CCCCC)COP(=O)(O)OC1C(O)C(O)C(O)C(O)C1O. The Morgan fingerprint density at radius 1 is 0.681 bits per heavy atom. The van der Waals surface area contributed by atoms with Gasteiger partial charge in [-0.15, -0.1) is 0 Å². The second-order valence-corrected chi connectivity index (χ2v) is 12.7. The zero-order valence-corrected chi connectivity index (χ0v) is 28.4. The van der Waals surface area contributed by atoms with Gasteiger partial charge in [0, 0.05) is 12.8 Å². The van der Waals surface area contributed by atoms with Crippen molar-refractivity contribution in [2.75, 3.05) is 13.2 Å². The maximum Gasteiger partial charge on any atom is 0.472 e. The summed E-state index contributed by atoms with van der Waals surface area (Å²) < 4.78 is 32.8. The molecule has 1 saturated carbocycles. The monoisotopic (exact) mass is 690 g/mol. The highest BCUT2D eigenvalue weighted by molar-refractivity contribution is 7.47. The lowest BCUT2D eigenvalue weighted by molar-refractivity contribution is -0.220. The van der Waals surface area contributed by atoms with Gasteiger partial charge in [0.1, 0.15) is 43.2 Å². The standard InChI is InChI=1S/C33H55O13P/c1-3-5-7-8-9-10-11-12-13-14-15-16-17-18-20-22-27(35)45-25(23-43-26(34)21-19-6-4-2)24-44-47(41,42)46-33-31(39)29(37)28(36)30(38)32(33)40/h5,7,9-10,12-13,15-16,25,28-33,36-40H,3-4,6,8,11,14,17-24H2,1-2H3,(H,41,42)/b7-5-,10-9-,13-12-,16-15-. The fourth-order valence-corrected chi connectivity index (χ4v) is 5.42. The first-order chi connectivity index (χ1) is 22.4. The zero-order chi connectivity index (χ0) is 35.1. The van der Waals surface area contributed by atoms with Crippen LogP contribution in [0, 0.1) is 0 Å². The minimum absolute atomic E-state index is 0.0420. The van der Waals surface area contributed by atoms with Crippen LogP contribution in [0.5, 0.6) is 0 Å². The van der Waals surface area contributed by atoms with Crippen LogP contribution in [0.2, 0.25) is 0 Å². The van der Waals surface area contributed by atoms with Crippen LogP contribution < -0.4 is 0 Å². The molecule has 0 aromatic heterocycles. The van der Waals surface area contributed by atoms with Crippen LogP contribution in [0.1, 0.15) is 90.9 Å². The van der Waals surface area contributed by atoms with Crippen molar-refractivity contribution in [3.8, 4) is 0 Å². The van der Waals surface area contributed by atoms with E-state index < -0.39 is 75.7 Å². The van der Waals surface area contributed by atoms with E-state index in [4.69, 9.17) is 18.5 Å². The maximum absolute atomic E-state index is 12.6. The van der Waals surface area contributed by atoms with Gasteiger partial charge in [0.05, 0.1) is 6.61 Å². The van der Waals surface area contributed by atoms with Gasteiger partial charge < -0.3 is 39.9 Å². The van der Waals surface area contributed by atoms with E-state index in [1.807, 2.05) is 13.0 Å². The van der Waals surface area contributed by atoms with E-state index in [1.54, 1.807) is 0 Å². The van der Waals surface area contributed by atoms with Crippen molar-refractivity contribution in [3.05, 3.63) is 48.6 Å². The number of allylic oxidation sites excluding steroid dienone is 8. The summed E-state index contributed by atoms with van der Waals surface area (Å²) in [4.78, 5) is 34.8. The predicted molar refractivity (Wildman–Crippen MR) is 175 cm³/mol. The number of unbranched alkanes of at least 4 members (excludes halogenated alkanes) is 4. The summed E-state index contributed by atoms with van der Waals surface area (Å²) >= 11 is 0. The van der Waals surface area contributed by atoms with Gasteiger partial charge in [-0.05, 0) is 51.4 Å². The average Bonchev–Trinajstić information content (AvgIpc) is 3.04. The molecule has 0 bridgehead atoms. The number of esters is 2. The van der Waals surface area contributed by atoms with Crippen molar-refractivity contribution >= 4 is 19.8 Å². The molecule has 0 aromatic carbocycles. The summed E-state index contributed by atoms with van der Waals surface area (Å²) in [5, 5.41) is 49.5. The molecule has 6 atom stereocenters. The Kier molecular flexibility index (Phi) is 22.7. The number of carbonyl (C=O) groups excluding carboxylic acids is 2. The normalized spacial score (nSPS) is 25.5. The summed E-state index contributed by atoms with van der Waals surface area (Å²) in [5.41, 5.74) is 0. The molecule has 0 aromatic rings. The van der Waals surface area contributed by atoms with Crippen molar-refractivity contribution in [1.82, 2.24) is 0 Å². The van der Waals surface area contributed by atoms with Gasteiger partial charge in [-0.3, -0.25) is 18.6 Å². The number of phosphoric ester groups is 1. The Hall–Kier alpha value is -2.19. The number of carbonyl (C=O) groups is 2. The highest BCUT2D eigenvalue weighted by Gasteiger charge is 2.51. The summed E-state index contributed by atoms with van der Waals surface area (Å²) in [5.74, 6) is -1.19. The molecule has 6 N–H and O–H groups in total. The molecule has 1 fully saturated rings. The van der Waals surface area contributed by atoms with Gasteiger partial charge in [-0.1, -0.05) is 75.3 Å². The molecule has 14 heteroatoms. The molecule has 270 valence electrons. The number of hydrogen-bond acceptors (Lipinski definition) is 12. The number of ether oxygens (including phenoxy) is 2. The molecule has 1 aliphatic carbocycles. The van der Waals surface area contributed by atoms with Crippen molar-refractivity contribution in [2.45, 2.75) is 134 Å². The molecule has 0 aliphatic heterocycles. The van der Waals surface area contributed by atoms with E-state index in [0.29, 0.717) is 12.8 Å². The molecule has 0 amide bonds.